The molecule has 3 aromatic heterocycles. The van der Waals surface area contributed by atoms with Crippen LogP contribution in [0.25, 0.3) is 5.65 Å². The van der Waals surface area contributed by atoms with E-state index >= 15 is 0 Å². The van der Waals surface area contributed by atoms with Gasteiger partial charge in [-0.1, -0.05) is 19.9 Å². The first-order valence-corrected chi connectivity index (χ1v) is 9.66. The summed E-state index contributed by atoms with van der Waals surface area (Å²) in [6.45, 7) is 10.0. The molecule has 6 nitrogen and oxygen atoms in total. The van der Waals surface area contributed by atoms with Crippen LogP contribution in [-0.4, -0.2) is 31.6 Å². The Morgan fingerprint density at radius 2 is 2.04 bits per heavy atom. The summed E-state index contributed by atoms with van der Waals surface area (Å²) in [4.78, 5) is 16.8. The van der Waals surface area contributed by atoms with Gasteiger partial charge in [0, 0.05) is 44.0 Å². The third-order valence-electron chi connectivity index (χ3n) is 4.79. The van der Waals surface area contributed by atoms with Crippen molar-refractivity contribution in [2.75, 3.05) is 6.54 Å². The third kappa shape index (κ3) is 4.76. The molecule has 0 saturated carbocycles. The van der Waals surface area contributed by atoms with Crippen molar-refractivity contribution in [2.45, 2.75) is 53.5 Å². The van der Waals surface area contributed by atoms with Gasteiger partial charge in [0.15, 0.2) is 0 Å². The van der Waals surface area contributed by atoms with Crippen molar-refractivity contribution >= 4 is 11.6 Å². The van der Waals surface area contributed by atoms with Crippen LogP contribution in [0.15, 0.2) is 30.6 Å². The van der Waals surface area contributed by atoms with Crippen LogP contribution in [0.3, 0.4) is 0 Å². The van der Waals surface area contributed by atoms with E-state index in [-0.39, 0.29) is 5.91 Å². The Bertz CT molecular complexity index is 889. The number of hydrogen-bond acceptors (Lipinski definition) is 3. The van der Waals surface area contributed by atoms with E-state index in [0.29, 0.717) is 18.9 Å². The van der Waals surface area contributed by atoms with Crippen LogP contribution < -0.4 is 5.32 Å². The Hall–Kier alpha value is -2.63. The number of pyridine rings is 1. The lowest BCUT2D eigenvalue weighted by molar-refractivity contribution is -0.121. The molecule has 27 heavy (non-hydrogen) atoms. The molecular weight excluding hydrogens is 338 g/mol. The second-order valence-electron chi connectivity index (χ2n) is 7.52. The third-order valence-corrected chi connectivity index (χ3v) is 4.79. The fourth-order valence-corrected chi connectivity index (χ4v) is 3.38. The van der Waals surface area contributed by atoms with Gasteiger partial charge in [-0.05, 0) is 43.9 Å². The van der Waals surface area contributed by atoms with Crippen molar-refractivity contribution in [3.8, 4) is 0 Å². The van der Waals surface area contributed by atoms with Gasteiger partial charge < -0.3 is 9.72 Å². The summed E-state index contributed by atoms with van der Waals surface area (Å²) < 4.78 is 4.06. The number of imidazole rings is 1. The Morgan fingerprint density at radius 3 is 2.78 bits per heavy atom. The number of nitrogens with zero attached hydrogens (tertiary/aromatic N) is 4. The van der Waals surface area contributed by atoms with Crippen LogP contribution >= 0.6 is 0 Å². The van der Waals surface area contributed by atoms with Gasteiger partial charge in [0.05, 0.1) is 11.4 Å². The minimum Gasteiger partial charge on any atom is -0.356 e. The fraction of sp³-hybridized carbons (Fsp3) is 0.476. The highest BCUT2D eigenvalue weighted by atomic mass is 16.1. The van der Waals surface area contributed by atoms with Crippen molar-refractivity contribution in [3.05, 3.63) is 53.2 Å². The number of hydrogen-bond donors (Lipinski definition) is 1. The molecule has 0 saturated heterocycles. The summed E-state index contributed by atoms with van der Waals surface area (Å²) in [7, 11) is 0. The van der Waals surface area contributed by atoms with Crippen molar-refractivity contribution in [3.63, 3.8) is 0 Å². The summed E-state index contributed by atoms with van der Waals surface area (Å²) in [6.07, 6.45) is 5.94. The molecule has 0 aliphatic carbocycles. The largest absolute Gasteiger partial charge is 0.356 e. The molecule has 0 unspecified atom stereocenters. The molecule has 0 bridgehead atoms. The second-order valence-corrected chi connectivity index (χ2v) is 7.52. The molecule has 1 N–H and O–H groups in total. The average molecular weight is 367 g/mol. The molecule has 0 aliphatic rings. The smallest absolute Gasteiger partial charge is 0.220 e. The lowest BCUT2D eigenvalue weighted by Crippen LogP contribution is -2.26. The number of carbonyl (C=O) groups excluding carboxylic acids is 1. The van der Waals surface area contributed by atoms with Gasteiger partial charge in [0.25, 0.3) is 0 Å². The lowest BCUT2D eigenvalue weighted by Gasteiger charge is -2.08. The number of aryl methyl sites for hydroxylation is 1. The van der Waals surface area contributed by atoms with Crippen molar-refractivity contribution in [1.82, 2.24) is 24.5 Å². The normalized spacial score (nSPS) is 11.4. The molecule has 0 radical (unpaired) electrons. The number of carbonyl (C=O) groups is 1. The molecule has 3 heterocycles. The van der Waals surface area contributed by atoms with Gasteiger partial charge in [-0.25, -0.2) is 4.98 Å². The highest BCUT2D eigenvalue weighted by Gasteiger charge is 2.13. The molecule has 0 fully saturated rings. The Labute approximate surface area is 160 Å². The maximum absolute atomic E-state index is 12.2. The summed E-state index contributed by atoms with van der Waals surface area (Å²) in [6, 6.07) is 5.93. The first-order chi connectivity index (χ1) is 12.9. The van der Waals surface area contributed by atoms with Crippen LogP contribution in [0.4, 0.5) is 0 Å². The molecule has 3 rings (SSSR count). The molecular formula is C21H29N5O. The van der Waals surface area contributed by atoms with E-state index in [4.69, 9.17) is 0 Å². The minimum absolute atomic E-state index is 0.0779. The number of fused-ring (bicyclic) bond motifs is 1. The summed E-state index contributed by atoms with van der Waals surface area (Å²) >= 11 is 0. The molecule has 0 spiro atoms. The predicted molar refractivity (Wildman–Crippen MR) is 107 cm³/mol. The number of rotatable bonds is 8. The SMILES string of the molecule is Cc1nn(CC(C)C)c(C)c1CCC(=O)NCCc1cn2ccccc2n1. The van der Waals surface area contributed by atoms with Crippen LogP contribution in [0.1, 0.15) is 42.9 Å². The topological polar surface area (TPSA) is 64.2 Å². The fourth-order valence-electron chi connectivity index (χ4n) is 3.38. The van der Waals surface area contributed by atoms with E-state index in [2.05, 4.69) is 40.9 Å². The highest BCUT2D eigenvalue weighted by Crippen LogP contribution is 2.16. The van der Waals surface area contributed by atoms with E-state index in [1.807, 2.05) is 41.9 Å². The van der Waals surface area contributed by atoms with Gasteiger partial charge in [0.1, 0.15) is 5.65 Å². The van der Waals surface area contributed by atoms with Crippen LogP contribution in [0.2, 0.25) is 0 Å². The standard InChI is InChI=1S/C21H29N5O/c1-15(2)13-26-17(4)19(16(3)24-26)8-9-21(27)22-11-10-18-14-25-12-6-5-7-20(25)23-18/h5-7,12,14-15H,8-11,13H2,1-4H3,(H,22,27). The predicted octanol–water partition coefficient (Wildman–Crippen LogP) is 3.10. The van der Waals surface area contributed by atoms with Crippen LogP contribution in [0, 0.1) is 19.8 Å². The van der Waals surface area contributed by atoms with Crippen LogP contribution in [0.5, 0.6) is 0 Å². The van der Waals surface area contributed by atoms with E-state index in [1.54, 1.807) is 0 Å². The van der Waals surface area contributed by atoms with Gasteiger partial charge in [0.2, 0.25) is 5.91 Å². The molecule has 144 valence electrons. The van der Waals surface area contributed by atoms with Gasteiger partial charge in [-0.15, -0.1) is 0 Å². The van der Waals surface area contributed by atoms with E-state index in [0.717, 1.165) is 36.4 Å². The zero-order chi connectivity index (χ0) is 19.4. The zero-order valence-corrected chi connectivity index (χ0v) is 16.7. The van der Waals surface area contributed by atoms with Gasteiger partial charge in [-0.3, -0.25) is 9.48 Å². The quantitative estimate of drug-likeness (QED) is 0.665. The Balaban J connectivity index is 1.48. The first kappa shape index (κ1) is 19.1. The van der Waals surface area contributed by atoms with Crippen molar-refractivity contribution < 1.29 is 4.79 Å². The average Bonchev–Trinajstić information content (AvgIpc) is 3.13. The van der Waals surface area contributed by atoms with E-state index < -0.39 is 0 Å². The van der Waals surface area contributed by atoms with E-state index in [9.17, 15) is 4.79 Å². The number of amides is 1. The summed E-state index contributed by atoms with van der Waals surface area (Å²) in [5.74, 6) is 0.632. The molecule has 6 heteroatoms. The van der Waals surface area contributed by atoms with Crippen molar-refractivity contribution in [1.29, 1.82) is 0 Å². The van der Waals surface area contributed by atoms with Crippen molar-refractivity contribution in [2.24, 2.45) is 5.92 Å². The second kappa shape index (κ2) is 8.37. The first-order valence-electron chi connectivity index (χ1n) is 9.66. The molecule has 3 aromatic rings. The number of aromatic nitrogens is 4. The minimum atomic E-state index is 0.0779. The lowest BCUT2D eigenvalue weighted by atomic mass is 10.1. The maximum atomic E-state index is 12.2. The zero-order valence-electron chi connectivity index (χ0n) is 16.7. The molecule has 1 amide bonds. The van der Waals surface area contributed by atoms with Crippen LogP contribution in [-0.2, 0) is 24.2 Å². The summed E-state index contributed by atoms with van der Waals surface area (Å²) in [5, 5.41) is 7.63. The monoisotopic (exact) mass is 367 g/mol. The Kier molecular flexibility index (Phi) is 5.94. The Morgan fingerprint density at radius 1 is 1.22 bits per heavy atom. The number of nitrogens with one attached hydrogen (secondary N) is 1. The molecule has 0 aromatic carbocycles. The maximum Gasteiger partial charge on any atom is 0.220 e. The summed E-state index contributed by atoms with van der Waals surface area (Å²) in [5.41, 5.74) is 5.34. The van der Waals surface area contributed by atoms with E-state index in [1.165, 1.54) is 11.3 Å². The molecule has 0 atom stereocenters. The van der Waals surface area contributed by atoms with Gasteiger partial charge in [-0.2, -0.15) is 5.10 Å². The molecule has 0 aliphatic heterocycles. The highest BCUT2D eigenvalue weighted by molar-refractivity contribution is 5.76. The van der Waals surface area contributed by atoms with Gasteiger partial charge >= 0.3 is 0 Å².